The number of carboxylic acids is 1. The van der Waals surface area contributed by atoms with Crippen molar-refractivity contribution in [1.29, 1.82) is 0 Å². The number of piperidine rings is 1. The first-order chi connectivity index (χ1) is 10.0. The fourth-order valence-corrected chi connectivity index (χ4v) is 3.00. The number of carbonyl (C=O) groups is 1. The number of likely N-dealkylation sites (tertiary alicyclic amines) is 1. The van der Waals surface area contributed by atoms with E-state index in [9.17, 15) is 4.79 Å². The van der Waals surface area contributed by atoms with E-state index in [-0.39, 0.29) is 6.42 Å². The summed E-state index contributed by atoms with van der Waals surface area (Å²) in [6.07, 6.45) is 2.68. The zero-order valence-corrected chi connectivity index (χ0v) is 13.1. The lowest BCUT2D eigenvalue weighted by Crippen LogP contribution is -2.35. The molecule has 0 atom stereocenters. The minimum atomic E-state index is -0.776. The molecule has 2 rings (SSSR count). The van der Waals surface area contributed by atoms with Crippen molar-refractivity contribution < 1.29 is 9.90 Å². The van der Waals surface area contributed by atoms with Crippen LogP contribution >= 0.6 is 0 Å². The lowest BCUT2D eigenvalue weighted by atomic mass is 9.96. The quantitative estimate of drug-likeness (QED) is 0.871. The first kappa shape index (κ1) is 16.0. The van der Waals surface area contributed by atoms with Gasteiger partial charge in [-0.15, -0.1) is 0 Å². The fraction of sp³-hybridized carbons (Fsp3) is 0.588. The van der Waals surface area contributed by atoms with E-state index in [1.54, 1.807) is 0 Å². The number of benzene rings is 1. The molecule has 1 aliphatic rings. The summed E-state index contributed by atoms with van der Waals surface area (Å²) < 4.78 is 0. The lowest BCUT2D eigenvalue weighted by molar-refractivity contribution is -0.136. The standard InChI is InChI=1S/C17H26N2O2/c1-18-9-7-16(8-10-18)13-19(2)12-15-5-3-14(4-6-15)11-17(20)21/h3-6,16H,7-13H2,1-2H3,(H,20,21). The zero-order chi connectivity index (χ0) is 15.2. The number of rotatable bonds is 6. The normalized spacial score (nSPS) is 17.3. The van der Waals surface area contributed by atoms with Gasteiger partial charge in [-0.25, -0.2) is 0 Å². The SMILES string of the molecule is CN1CCC(CN(C)Cc2ccc(CC(=O)O)cc2)CC1. The van der Waals surface area contributed by atoms with E-state index < -0.39 is 5.97 Å². The van der Waals surface area contributed by atoms with E-state index in [4.69, 9.17) is 5.11 Å². The van der Waals surface area contributed by atoms with Crippen LogP contribution < -0.4 is 0 Å². The van der Waals surface area contributed by atoms with Gasteiger partial charge in [0.05, 0.1) is 6.42 Å². The fourth-order valence-electron chi connectivity index (χ4n) is 3.00. The molecule has 0 radical (unpaired) electrons. The average Bonchev–Trinajstić information content (AvgIpc) is 2.43. The van der Waals surface area contributed by atoms with Crippen LogP contribution in [0.25, 0.3) is 0 Å². The minimum absolute atomic E-state index is 0.103. The molecule has 0 bridgehead atoms. The molecule has 4 nitrogen and oxygen atoms in total. The molecule has 0 aliphatic carbocycles. The van der Waals surface area contributed by atoms with Crippen LogP contribution in [0, 0.1) is 5.92 Å². The van der Waals surface area contributed by atoms with E-state index in [0.717, 1.165) is 24.6 Å². The third-order valence-electron chi connectivity index (χ3n) is 4.24. The van der Waals surface area contributed by atoms with E-state index >= 15 is 0 Å². The van der Waals surface area contributed by atoms with Gasteiger partial charge in [-0.1, -0.05) is 24.3 Å². The number of hydrogen-bond donors (Lipinski definition) is 1. The van der Waals surface area contributed by atoms with Gasteiger partial charge in [0, 0.05) is 13.1 Å². The maximum Gasteiger partial charge on any atom is 0.307 e. The van der Waals surface area contributed by atoms with Gasteiger partial charge in [-0.3, -0.25) is 4.79 Å². The van der Waals surface area contributed by atoms with Crippen molar-refractivity contribution in [3.05, 3.63) is 35.4 Å². The molecule has 1 heterocycles. The van der Waals surface area contributed by atoms with Gasteiger partial charge in [-0.05, 0) is 57.1 Å². The Bertz CT molecular complexity index is 450. The largest absolute Gasteiger partial charge is 0.481 e. The summed E-state index contributed by atoms with van der Waals surface area (Å²) in [7, 11) is 4.36. The molecule has 1 fully saturated rings. The first-order valence-electron chi connectivity index (χ1n) is 7.69. The molecule has 1 aromatic carbocycles. The highest BCUT2D eigenvalue weighted by atomic mass is 16.4. The van der Waals surface area contributed by atoms with Crippen molar-refractivity contribution in [2.75, 3.05) is 33.7 Å². The van der Waals surface area contributed by atoms with Crippen LogP contribution in [-0.4, -0.2) is 54.6 Å². The van der Waals surface area contributed by atoms with Gasteiger partial charge in [0.1, 0.15) is 0 Å². The molecule has 116 valence electrons. The predicted octanol–water partition coefficient (Wildman–Crippen LogP) is 2.09. The van der Waals surface area contributed by atoms with Crippen molar-refractivity contribution in [3.63, 3.8) is 0 Å². The van der Waals surface area contributed by atoms with Crippen LogP contribution in [0.2, 0.25) is 0 Å². The second-order valence-electron chi connectivity index (χ2n) is 6.33. The van der Waals surface area contributed by atoms with Gasteiger partial charge < -0.3 is 14.9 Å². The number of hydrogen-bond acceptors (Lipinski definition) is 3. The van der Waals surface area contributed by atoms with Gasteiger partial charge >= 0.3 is 5.97 Å². The molecular weight excluding hydrogens is 264 g/mol. The topological polar surface area (TPSA) is 43.8 Å². The van der Waals surface area contributed by atoms with Crippen molar-refractivity contribution in [2.45, 2.75) is 25.8 Å². The van der Waals surface area contributed by atoms with Gasteiger partial charge in [0.2, 0.25) is 0 Å². The molecule has 0 amide bonds. The maximum atomic E-state index is 10.7. The summed E-state index contributed by atoms with van der Waals surface area (Å²) >= 11 is 0. The summed E-state index contributed by atoms with van der Waals surface area (Å²) in [6, 6.07) is 7.94. The highest BCUT2D eigenvalue weighted by Crippen LogP contribution is 2.18. The molecule has 0 aromatic heterocycles. The first-order valence-corrected chi connectivity index (χ1v) is 7.69. The average molecular weight is 290 g/mol. The molecule has 4 heteroatoms. The number of nitrogens with zero attached hydrogens (tertiary/aromatic N) is 2. The van der Waals surface area contributed by atoms with Crippen LogP contribution in [0.4, 0.5) is 0 Å². The highest BCUT2D eigenvalue weighted by molar-refractivity contribution is 5.70. The molecule has 1 N–H and O–H groups in total. The number of aliphatic carboxylic acids is 1. The van der Waals surface area contributed by atoms with Crippen molar-refractivity contribution >= 4 is 5.97 Å². The molecule has 0 unspecified atom stereocenters. The Morgan fingerprint density at radius 3 is 2.38 bits per heavy atom. The van der Waals surface area contributed by atoms with Crippen LogP contribution in [0.1, 0.15) is 24.0 Å². The smallest absolute Gasteiger partial charge is 0.307 e. The monoisotopic (exact) mass is 290 g/mol. The Hall–Kier alpha value is -1.39. The molecule has 0 spiro atoms. The summed E-state index contributed by atoms with van der Waals surface area (Å²) in [4.78, 5) is 15.4. The van der Waals surface area contributed by atoms with Crippen molar-refractivity contribution in [2.24, 2.45) is 5.92 Å². The van der Waals surface area contributed by atoms with E-state index in [0.29, 0.717) is 0 Å². The summed E-state index contributed by atoms with van der Waals surface area (Å²) in [5.41, 5.74) is 2.11. The molecule has 1 aliphatic heterocycles. The van der Waals surface area contributed by atoms with Crippen molar-refractivity contribution in [3.8, 4) is 0 Å². The predicted molar refractivity (Wildman–Crippen MR) is 84.3 cm³/mol. The Morgan fingerprint density at radius 1 is 1.24 bits per heavy atom. The van der Waals surface area contributed by atoms with E-state index in [1.807, 2.05) is 24.3 Å². The highest BCUT2D eigenvalue weighted by Gasteiger charge is 2.18. The molecule has 21 heavy (non-hydrogen) atoms. The molecule has 1 saturated heterocycles. The number of carboxylic acid groups (broad SMARTS) is 1. The van der Waals surface area contributed by atoms with Crippen molar-refractivity contribution in [1.82, 2.24) is 9.80 Å². The maximum absolute atomic E-state index is 10.7. The molecular formula is C17H26N2O2. The van der Waals surface area contributed by atoms with Crippen LogP contribution in [0.3, 0.4) is 0 Å². The van der Waals surface area contributed by atoms with Gasteiger partial charge in [0.15, 0.2) is 0 Å². The Balaban J connectivity index is 1.79. The lowest BCUT2D eigenvalue weighted by Gasteiger charge is -2.31. The summed E-state index contributed by atoms with van der Waals surface area (Å²) in [5, 5.41) is 8.77. The second-order valence-corrected chi connectivity index (χ2v) is 6.33. The Labute approximate surface area is 127 Å². The van der Waals surface area contributed by atoms with Gasteiger partial charge in [0.25, 0.3) is 0 Å². The van der Waals surface area contributed by atoms with Crippen LogP contribution in [0.5, 0.6) is 0 Å². The third kappa shape index (κ3) is 5.48. The molecule has 0 saturated carbocycles. The molecule has 1 aromatic rings. The van der Waals surface area contributed by atoms with Crippen LogP contribution in [-0.2, 0) is 17.8 Å². The van der Waals surface area contributed by atoms with Crippen LogP contribution in [0.15, 0.2) is 24.3 Å². The Morgan fingerprint density at radius 2 is 1.81 bits per heavy atom. The third-order valence-corrected chi connectivity index (χ3v) is 4.24. The van der Waals surface area contributed by atoms with E-state index in [1.165, 1.54) is 31.5 Å². The summed E-state index contributed by atoms with van der Waals surface area (Å²) in [6.45, 7) is 4.50. The Kier molecular flexibility index (Phi) is 5.76. The zero-order valence-electron chi connectivity index (χ0n) is 13.1. The van der Waals surface area contributed by atoms with Gasteiger partial charge in [-0.2, -0.15) is 0 Å². The summed E-state index contributed by atoms with van der Waals surface area (Å²) in [5.74, 6) is 0.0274. The second kappa shape index (κ2) is 7.57. The van der Waals surface area contributed by atoms with E-state index in [2.05, 4.69) is 23.9 Å². The minimum Gasteiger partial charge on any atom is -0.481 e.